The Morgan fingerprint density at radius 2 is 1.63 bits per heavy atom. The standard InChI is InChI=1S/C20H34N6S/c1-4-9-21-20(27)24-19-22-17(25-10-5-7-15(2)13-25)12-18(23-19)26-11-6-8-16(3)14-26/h12,15-16H,4-11,13-14H2,1-3H3,(H2,21,22,23,24,27)/t15-,16-/m1/s1. The minimum Gasteiger partial charge on any atom is -0.362 e. The van der Waals surface area contributed by atoms with Crippen molar-refractivity contribution in [2.24, 2.45) is 11.8 Å². The Balaban J connectivity index is 1.83. The van der Waals surface area contributed by atoms with Crippen LogP contribution in [0.3, 0.4) is 0 Å². The van der Waals surface area contributed by atoms with Crippen LogP contribution in [0.25, 0.3) is 0 Å². The molecule has 0 spiro atoms. The van der Waals surface area contributed by atoms with Crippen molar-refractivity contribution < 1.29 is 0 Å². The van der Waals surface area contributed by atoms with Crippen molar-refractivity contribution in [2.75, 3.05) is 47.8 Å². The van der Waals surface area contributed by atoms with Crippen molar-refractivity contribution in [3.05, 3.63) is 6.07 Å². The Bertz CT molecular complexity index is 597. The lowest BCUT2D eigenvalue weighted by atomic mass is 10.00. The summed E-state index contributed by atoms with van der Waals surface area (Å²) in [6, 6.07) is 2.17. The summed E-state index contributed by atoms with van der Waals surface area (Å²) in [5.74, 6) is 4.05. The van der Waals surface area contributed by atoms with E-state index in [4.69, 9.17) is 22.2 Å². The molecule has 0 aliphatic carbocycles. The van der Waals surface area contributed by atoms with Crippen molar-refractivity contribution in [3.63, 3.8) is 0 Å². The van der Waals surface area contributed by atoms with Crippen LogP contribution in [0.5, 0.6) is 0 Å². The lowest BCUT2D eigenvalue weighted by Crippen LogP contribution is -2.37. The molecule has 2 aliphatic rings. The Labute approximate surface area is 169 Å². The molecule has 0 saturated carbocycles. The van der Waals surface area contributed by atoms with Crippen LogP contribution in [0.2, 0.25) is 0 Å². The zero-order valence-corrected chi connectivity index (χ0v) is 17.8. The number of thiocarbonyl (C=S) groups is 1. The van der Waals surface area contributed by atoms with Gasteiger partial charge in [-0.1, -0.05) is 20.8 Å². The van der Waals surface area contributed by atoms with Crippen molar-refractivity contribution in [1.29, 1.82) is 0 Å². The quantitative estimate of drug-likeness (QED) is 0.744. The van der Waals surface area contributed by atoms with E-state index in [2.05, 4.69) is 47.3 Å². The number of rotatable bonds is 5. The predicted molar refractivity (Wildman–Crippen MR) is 118 cm³/mol. The topological polar surface area (TPSA) is 56.3 Å². The van der Waals surface area contributed by atoms with Gasteiger partial charge in [0.1, 0.15) is 11.6 Å². The summed E-state index contributed by atoms with van der Waals surface area (Å²) in [6.07, 6.45) is 6.08. The number of aromatic nitrogens is 2. The van der Waals surface area contributed by atoms with Crippen LogP contribution in [0.15, 0.2) is 6.07 Å². The van der Waals surface area contributed by atoms with E-state index in [1.807, 2.05) is 0 Å². The van der Waals surface area contributed by atoms with Gasteiger partial charge in [-0.25, -0.2) is 0 Å². The first-order chi connectivity index (χ1) is 13.0. The van der Waals surface area contributed by atoms with E-state index in [1.165, 1.54) is 25.7 Å². The minimum absolute atomic E-state index is 0.596. The zero-order valence-electron chi connectivity index (χ0n) is 17.0. The second-order valence-electron chi connectivity index (χ2n) is 8.18. The minimum atomic E-state index is 0.596. The number of anilines is 3. The monoisotopic (exact) mass is 390 g/mol. The van der Waals surface area contributed by atoms with Gasteiger partial charge in [-0.2, -0.15) is 9.97 Å². The molecule has 150 valence electrons. The zero-order chi connectivity index (χ0) is 19.2. The molecule has 0 bridgehead atoms. The van der Waals surface area contributed by atoms with Crippen molar-refractivity contribution in [1.82, 2.24) is 15.3 Å². The Morgan fingerprint density at radius 3 is 2.11 bits per heavy atom. The molecular formula is C20H34N6S. The third kappa shape index (κ3) is 5.67. The van der Waals surface area contributed by atoms with Gasteiger partial charge in [-0.15, -0.1) is 0 Å². The van der Waals surface area contributed by atoms with Crippen molar-refractivity contribution in [2.45, 2.75) is 52.9 Å². The molecule has 2 fully saturated rings. The highest BCUT2D eigenvalue weighted by Gasteiger charge is 2.23. The molecule has 3 heterocycles. The van der Waals surface area contributed by atoms with E-state index < -0.39 is 0 Å². The lowest BCUT2D eigenvalue weighted by Gasteiger charge is -2.35. The van der Waals surface area contributed by atoms with E-state index in [1.54, 1.807) is 0 Å². The van der Waals surface area contributed by atoms with Gasteiger partial charge in [0.05, 0.1) is 0 Å². The maximum absolute atomic E-state index is 5.41. The van der Waals surface area contributed by atoms with Gasteiger partial charge >= 0.3 is 0 Å². The van der Waals surface area contributed by atoms with Crippen molar-refractivity contribution >= 4 is 34.9 Å². The van der Waals surface area contributed by atoms with E-state index in [9.17, 15) is 0 Å². The van der Waals surface area contributed by atoms with E-state index >= 15 is 0 Å². The average Bonchev–Trinajstić information content (AvgIpc) is 2.66. The fourth-order valence-corrected chi connectivity index (χ4v) is 4.17. The van der Waals surface area contributed by atoms with Gasteiger partial charge in [0.2, 0.25) is 5.95 Å². The molecule has 2 N–H and O–H groups in total. The number of piperidine rings is 2. The summed E-state index contributed by atoms with van der Waals surface area (Å²) in [5, 5.41) is 7.01. The van der Waals surface area contributed by atoms with Gasteiger partial charge < -0.3 is 20.4 Å². The summed E-state index contributed by atoms with van der Waals surface area (Å²) < 4.78 is 0. The molecule has 0 radical (unpaired) electrons. The molecule has 1 aromatic rings. The molecule has 0 aromatic carbocycles. The van der Waals surface area contributed by atoms with E-state index in [0.717, 1.165) is 50.8 Å². The van der Waals surface area contributed by atoms with Crippen LogP contribution in [-0.2, 0) is 0 Å². The summed E-state index contributed by atoms with van der Waals surface area (Å²) in [5.41, 5.74) is 0. The number of nitrogens with zero attached hydrogens (tertiary/aromatic N) is 4. The number of nitrogens with one attached hydrogen (secondary N) is 2. The van der Waals surface area contributed by atoms with Gasteiger partial charge in [0.25, 0.3) is 0 Å². The number of hydrogen-bond acceptors (Lipinski definition) is 5. The summed E-state index contributed by atoms with van der Waals surface area (Å²) in [6.45, 7) is 11.9. The average molecular weight is 391 g/mol. The predicted octanol–water partition coefficient (Wildman–Crippen LogP) is 3.65. The first-order valence-electron chi connectivity index (χ1n) is 10.5. The van der Waals surface area contributed by atoms with Crippen LogP contribution in [-0.4, -0.2) is 47.8 Å². The largest absolute Gasteiger partial charge is 0.362 e. The molecule has 27 heavy (non-hydrogen) atoms. The molecule has 2 aliphatic heterocycles. The summed E-state index contributed by atoms with van der Waals surface area (Å²) in [7, 11) is 0. The molecule has 3 rings (SSSR count). The van der Waals surface area contributed by atoms with Crippen LogP contribution in [0, 0.1) is 11.8 Å². The Kier molecular flexibility index (Phi) is 7.10. The second-order valence-corrected chi connectivity index (χ2v) is 8.58. The van der Waals surface area contributed by atoms with E-state index in [0.29, 0.717) is 22.9 Å². The van der Waals surface area contributed by atoms with Crippen LogP contribution < -0.4 is 20.4 Å². The molecule has 0 unspecified atom stereocenters. The van der Waals surface area contributed by atoms with Gasteiger partial charge in [0, 0.05) is 38.8 Å². The molecule has 2 saturated heterocycles. The van der Waals surface area contributed by atoms with Gasteiger partial charge in [-0.05, 0) is 56.2 Å². The first kappa shape index (κ1) is 20.1. The third-order valence-corrected chi connectivity index (χ3v) is 5.67. The maximum atomic E-state index is 5.41. The fraction of sp³-hybridized carbons (Fsp3) is 0.750. The van der Waals surface area contributed by atoms with Crippen LogP contribution in [0.1, 0.15) is 52.9 Å². The second kappa shape index (κ2) is 9.53. The lowest BCUT2D eigenvalue weighted by molar-refractivity contribution is 0.441. The Morgan fingerprint density at radius 1 is 1.07 bits per heavy atom. The van der Waals surface area contributed by atoms with Crippen molar-refractivity contribution in [3.8, 4) is 0 Å². The first-order valence-corrected chi connectivity index (χ1v) is 10.9. The normalized spacial score (nSPS) is 23.2. The highest BCUT2D eigenvalue weighted by Crippen LogP contribution is 2.28. The highest BCUT2D eigenvalue weighted by molar-refractivity contribution is 7.80. The number of hydrogen-bond donors (Lipinski definition) is 2. The summed E-state index contributed by atoms with van der Waals surface area (Å²) >= 11 is 5.41. The molecule has 6 nitrogen and oxygen atoms in total. The highest BCUT2D eigenvalue weighted by atomic mass is 32.1. The Hall–Kier alpha value is -1.63. The molecular weight excluding hydrogens is 356 g/mol. The third-order valence-electron chi connectivity index (χ3n) is 5.42. The van der Waals surface area contributed by atoms with Crippen LogP contribution >= 0.6 is 12.2 Å². The smallest absolute Gasteiger partial charge is 0.232 e. The molecule has 2 atom stereocenters. The SMILES string of the molecule is CCCNC(=S)Nc1nc(N2CCC[C@@H](C)C2)cc(N2CCC[C@@H](C)C2)n1. The van der Waals surface area contributed by atoms with Gasteiger partial charge in [-0.3, -0.25) is 0 Å². The summed E-state index contributed by atoms with van der Waals surface area (Å²) in [4.78, 5) is 14.4. The van der Waals surface area contributed by atoms with E-state index in [-0.39, 0.29) is 0 Å². The molecule has 1 aromatic heterocycles. The van der Waals surface area contributed by atoms with Crippen LogP contribution in [0.4, 0.5) is 17.6 Å². The molecule has 0 amide bonds. The fourth-order valence-electron chi connectivity index (χ4n) is 3.98. The van der Waals surface area contributed by atoms with Gasteiger partial charge in [0.15, 0.2) is 5.11 Å². The maximum Gasteiger partial charge on any atom is 0.232 e. The molecule has 7 heteroatoms.